The Morgan fingerprint density at radius 3 is 1.29 bits per heavy atom. The van der Waals surface area contributed by atoms with Crippen molar-refractivity contribution in [2.75, 3.05) is 0 Å². The molecule has 0 aliphatic carbocycles. The van der Waals surface area contributed by atoms with E-state index in [1.54, 1.807) is 0 Å². The predicted molar refractivity (Wildman–Crippen MR) is 89.4 cm³/mol. The molecule has 35 heavy (non-hydrogen) atoms. The SMILES string of the molecule is OC(CC(F)(F)C(F)(F)C(F)(F)C(F)(F)C(F)(F)C(F)(F)C(F)(F)C(F)(F)F)c1ccccc1I. The molecule has 19 heteroatoms. The Bertz CT molecular complexity index is 908. The monoisotopic (exact) mass is 666 g/mol. The number of halogens is 18. The summed E-state index contributed by atoms with van der Waals surface area (Å²) in [7, 11) is 0. The number of rotatable bonds is 9. The summed E-state index contributed by atoms with van der Waals surface area (Å²) in [6.07, 6.45) is -13.6. The molecule has 0 fully saturated rings. The van der Waals surface area contributed by atoms with Crippen LogP contribution >= 0.6 is 22.6 Å². The van der Waals surface area contributed by atoms with E-state index in [1.165, 1.54) is 28.7 Å². The standard InChI is InChI=1S/C16H8F17IO/c17-9(18,5-8(35)6-3-1-2-4-7(6)34)10(19,20)11(21,22)12(23,24)13(25,26)14(27,28)15(29,30)16(31,32)33/h1-4,8,35H,5H2. The van der Waals surface area contributed by atoms with Crippen molar-refractivity contribution < 1.29 is 79.7 Å². The maximum atomic E-state index is 13.9. The second-order valence-corrected chi connectivity index (χ2v) is 8.05. The van der Waals surface area contributed by atoms with Crippen LogP contribution < -0.4 is 0 Å². The number of aliphatic hydroxyl groups is 1. The van der Waals surface area contributed by atoms with Gasteiger partial charge in [-0.3, -0.25) is 0 Å². The van der Waals surface area contributed by atoms with E-state index in [9.17, 15) is 79.7 Å². The number of aliphatic hydroxyl groups excluding tert-OH is 1. The Morgan fingerprint density at radius 1 is 0.571 bits per heavy atom. The van der Waals surface area contributed by atoms with Crippen molar-refractivity contribution in [3.8, 4) is 0 Å². The average molecular weight is 666 g/mol. The smallest absolute Gasteiger partial charge is 0.388 e. The lowest BCUT2D eigenvalue weighted by Crippen LogP contribution is -2.74. The van der Waals surface area contributed by atoms with Gasteiger partial charge in [0.25, 0.3) is 0 Å². The molecule has 0 amide bonds. The van der Waals surface area contributed by atoms with Crippen LogP contribution in [-0.2, 0) is 0 Å². The van der Waals surface area contributed by atoms with E-state index in [-0.39, 0.29) is 3.57 Å². The lowest BCUT2D eigenvalue weighted by Gasteiger charge is -2.43. The highest BCUT2D eigenvalue weighted by molar-refractivity contribution is 14.1. The van der Waals surface area contributed by atoms with Gasteiger partial charge in [0, 0.05) is 9.99 Å². The zero-order valence-electron chi connectivity index (χ0n) is 15.8. The Morgan fingerprint density at radius 2 is 0.914 bits per heavy atom. The van der Waals surface area contributed by atoms with E-state index >= 15 is 0 Å². The van der Waals surface area contributed by atoms with Crippen molar-refractivity contribution in [3.63, 3.8) is 0 Å². The molecule has 1 rings (SSSR count). The summed E-state index contributed by atoms with van der Waals surface area (Å²) in [5.41, 5.74) is -0.694. The van der Waals surface area contributed by atoms with Crippen LogP contribution in [0.25, 0.3) is 0 Å². The van der Waals surface area contributed by atoms with E-state index in [0.717, 1.165) is 18.2 Å². The second-order valence-electron chi connectivity index (χ2n) is 6.89. The lowest BCUT2D eigenvalue weighted by molar-refractivity contribution is -0.462. The molecule has 1 N–H and O–H groups in total. The number of alkyl halides is 17. The van der Waals surface area contributed by atoms with Crippen LogP contribution in [0.5, 0.6) is 0 Å². The van der Waals surface area contributed by atoms with E-state index in [2.05, 4.69) is 0 Å². The van der Waals surface area contributed by atoms with Crippen molar-refractivity contribution in [1.82, 2.24) is 0 Å². The second kappa shape index (κ2) is 8.93. The van der Waals surface area contributed by atoms with Crippen molar-refractivity contribution in [3.05, 3.63) is 33.4 Å². The molecule has 0 aliphatic rings. The zero-order valence-corrected chi connectivity index (χ0v) is 18.0. The first-order chi connectivity index (χ1) is 15.1. The van der Waals surface area contributed by atoms with Crippen molar-refractivity contribution in [1.29, 1.82) is 0 Å². The Kier molecular flexibility index (Phi) is 8.10. The third-order valence-electron chi connectivity index (χ3n) is 4.50. The van der Waals surface area contributed by atoms with Crippen LogP contribution in [0.2, 0.25) is 0 Å². The van der Waals surface area contributed by atoms with Crippen LogP contribution in [-0.4, -0.2) is 52.7 Å². The Labute approximate surface area is 196 Å². The van der Waals surface area contributed by atoms with Gasteiger partial charge < -0.3 is 5.11 Å². The van der Waals surface area contributed by atoms with Gasteiger partial charge in [0.1, 0.15) is 0 Å². The van der Waals surface area contributed by atoms with Gasteiger partial charge >= 0.3 is 47.6 Å². The minimum Gasteiger partial charge on any atom is -0.388 e. The van der Waals surface area contributed by atoms with Crippen molar-refractivity contribution in [2.45, 2.75) is 60.2 Å². The van der Waals surface area contributed by atoms with Crippen LogP contribution in [0.4, 0.5) is 74.6 Å². The van der Waals surface area contributed by atoms with Crippen molar-refractivity contribution >= 4 is 22.6 Å². The highest BCUT2D eigenvalue weighted by Gasteiger charge is 2.95. The lowest BCUT2D eigenvalue weighted by atomic mass is 9.87. The number of hydrogen-bond acceptors (Lipinski definition) is 1. The summed E-state index contributed by atoms with van der Waals surface area (Å²) in [5.74, 6) is -56.9. The minimum atomic E-state index is -8.67. The predicted octanol–water partition coefficient (Wildman–Crippen LogP) is 7.72. The van der Waals surface area contributed by atoms with Gasteiger partial charge in [-0.05, 0) is 34.2 Å². The molecule has 204 valence electrons. The third kappa shape index (κ3) is 4.62. The highest BCUT2D eigenvalue weighted by Crippen LogP contribution is 2.64. The molecule has 1 unspecified atom stereocenters. The fraction of sp³-hybridized carbons (Fsp3) is 0.625. The van der Waals surface area contributed by atoms with Gasteiger partial charge in [-0.2, -0.15) is 74.6 Å². The molecule has 0 spiro atoms. The summed E-state index contributed by atoms with van der Waals surface area (Å²) in [4.78, 5) is 0. The molecule has 0 saturated carbocycles. The Balaban J connectivity index is 3.56. The molecule has 0 saturated heterocycles. The summed E-state index contributed by atoms with van der Waals surface area (Å²) in [5, 5.41) is 9.61. The van der Waals surface area contributed by atoms with Gasteiger partial charge in [0.05, 0.1) is 6.10 Å². The topological polar surface area (TPSA) is 20.2 Å². The van der Waals surface area contributed by atoms with E-state index in [0.29, 0.717) is 0 Å². The molecule has 1 aromatic carbocycles. The first kappa shape index (κ1) is 31.7. The normalized spacial score (nSPS) is 16.4. The highest BCUT2D eigenvalue weighted by atomic mass is 127. The minimum absolute atomic E-state index is 0.186. The quantitative estimate of drug-likeness (QED) is 0.212. The molecule has 1 nitrogen and oxygen atoms in total. The summed E-state index contributed by atoms with van der Waals surface area (Å²) < 4.78 is 225. The molecule has 0 heterocycles. The van der Waals surface area contributed by atoms with E-state index < -0.39 is 65.7 Å². The van der Waals surface area contributed by atoms with Crippen LogP contribution in [0.1, 0.15) is 18.1 Å². The van der Waals surface area contributed by atoms with Gasteiger partial charge in [0.15, 0.2) is 0 Å². The largest absolute Gasteiger partial charge is 0.460 e. The van der Waals surface area contributed by atoms with Crippen LogP contribution in [0.15, 0.2) is 24.3 Å². The fourth-order valence-corrected chi connectivity index (χ4v) is 3.17. The van der Waals surface area contributed by atoms with Crippen LogP contribution in [0, 0.1) is 3.57 Å². The molecular weight excluding hydrogens is 658 g/mol. The molecule has 0 aromatic heterocycles. The van der Waals surface area contributed by atoms with E-state index in [4.69, 9.17) is 0 Å². The summed E-state index contributed by atoms with van der Waals surface area (Å²) in [6.45, 7) is 0. The Hall–Kier alpha value is -1.28. The van der Waals surface area contributed by atoms with Gasteiger partial charge in [-0.1, -0.05) is 18.2 Å². The fourth-order valence-electron chi connectivity index (χ4n) is 2.42. The maximum absolute atomic E-state index is 13.9. The molecule has 0 radical (unpaired) electrons. The molecular formula is C16H8F17IO. The molecule has 1 atom stereocenters. The van der Waals surface area contributed by atoms with Crippen molar-refractivity contribution in [2.24, 2.45) is 0 Å². The maximum Gasteiger partial charge on any atom is 0.460 e. The number of hydrogen-bond donors (Lipinski definition) is 1. The summed E-state index contributed by atoms with van der Waals surface area (Å²) >= 11 is 1.30. The van der Waals surface area contributed by atoms with Gasteiger partial charge in [-0.15, -0.1) is 0 Å². The van der Waals surface area contributed by atoms with Gasteiger partial charge in [0.2, 0.25) is 0 Å². The average Bonchev–Trinajstić information content (AvgIpc) is 2.65. The zero-order chi connectivity index (χ0) is 28.3. The first-order valence-corrected chi connectivity index (χ1v) is 9.37. The van der Waals surface area contributed by atoms with E-state index in [1.807, 2.05) is 0 Å². The molecule has 0 aliphatic heterocycles. The van der Waals surface area contributed by atoms with Crippen LogP contribution in [0.3, 0.4) is 0 Å². The molecule has 0 bridgehead atoms. The molecule has 1 aromatic rings. The van der Waals surface area contributed by atoms with Gasteiger partial charge in [-0.25, -0.2) is 0 Å². The number of benzene rings is 1. The summed E-state index contributed by atoms with van der Waals surface area (Å²) in [6, 6.07) is 3.98. The first-order valence-electron chi connectivity index (χ1n) is 8.29. The third-order valence-corrected chi connectivity index (χ3v) is 5.48.